The van der Waals surface area contributed by atoms with Gasteiger partial charge in [-0.3, -0.25) is 9.52 Å². The SMILES string of the molecule is CC1(C)C(c2ccc(C(=O)O)cc2)=CC[C@@]2(C)C1CC[C@@]1(C)C3CC[C@@]4(C(=O)NS(=O)C5CC5)CCCC4[C@H]3CCC12. The molecule has 6 heteroatoms. The third-order valence-electron chi connectivity index (χ3n) is 14.0. The summed E-state index contributed by atoms with van der Waals surface area (Å²) >= 11 is 0. The molecular formula is C36H49NO4S. The third kappa shape index (κ3) is 4.09. The molecule has 1 aromatic rings. The fourth-order valence-corrected chi connectivity index (χ4v) is 13.2. The Morgan fingerprint density at radius 2 is 1.57 bits per heavy atom. The average molecular weight is 592 g/mol. The Hall–Kier alpha value is -1.95. The van der Waals surface area contributed by atoms with Crippen LogP contribution >= 0.6 is 0 Å². The van der Waals surface area contributed by atoms with Crippen LogP contribution < -0.4 is 4.72 Å². The molecule has 5 fully saturated rings. The van der Waals surface area contributed by atoms with Crippen LogP contribution in [-0.4, -0.2) is 26.4 Å². The van der Waals surface area contributed by atoms with Gasteiger partial charge in [-0.15, -0.1) is 0 Å². The first-order valence-corrected chi connectivity index (χ1v) is 17.9. The lowest BCUT2D eigenvalue weighted by Gasteiger charge is -2.68. The van der Waals surface area contributed by atoms with E-state index in [0.717, 1.165) is 56.9 Å². The molecule has 1 amide bonds. The molecule has 9 atom stereocenters. The Labute approximate surface area is 254 Å². The summed E-state index contributed by atoms with van der Waals surface area (Å²) in [5.74, 6) is 2.21. The van der Waals surface area contributed by atoms with E-state index in [9.17, 15) is 18.9 Å². The smallest absolute Gasteiger partial charge is 0.335 e. The zero-order valence-corrected chi connectivity index (χ0v) is 26.7. The van der Waals surface area contributed by atoms with E-state index in [0.29, 0.717) is 40.6 Å². The summed E-state index contributed by atoms with van der Waals surface area (Å²) in [5, 5.41) is 9.58. The van der Waals surface area contributed by atoms with Gasteiger partial charge in [0.1, 0.15) is 11.0 Å². The fraction of sp³-hybridized carbons (Fsp3) is 0.722. The minimum absolute atomic E-state index is 0.0123. The number of hydrogen-bond donors (Lipinski definition) is 2. The highest BCUT2D eigenvalue weighted by atomic mass is 32.2. The Balaban J connectivity index is 1.15. The molecule has 5 unspecified atom stereocenters. The molecule has 0 spiro atoms. The van der Waals surface area contributed by atoms with E-state index in [1.54, 1.807) is 12.1 Å². The van der Waals surface area contributed by atoms with Crippen LogP contribution in [0.2, 0.25) is 0 Å². The molecule has 0 bridgehead atoms. The van der Waals surface area contributed by atoms with Gasteiger partial charge in [-0.1, -0.05) is 52.3 Å². The maximum atomic E-state index is 13.8. The van der Waals surface area contributed by atoms with Crippen LogP contribution in [0.1, 0.15) is 121 Å². The van der Waals surface area contributed by atoms with Crippen molar-refractivity contribution in [2.24, 2.45) is 51.2 Å². The molecule has 42 heavy (non-hydrogen) atoms. The monoisotopic (exact) mass is 591 g/mol. The summed E-state index contributed by atoms with van der Waals surface area (Å²) < 4.78 is 15.7. The highest BCUT2D eigenvalue weighted by Crippen LogP contribution is 2.73. The molecule has 0 saturated heterocycles. The van der Waals surface area contributed by atoms with Crippen LogP contribution in [-0.2, 0) is 15.8 Å². The molecule has 0 aliphatic heterocycles. The quantitative estimate of drug-likeness (QED) is 0.366. The van der Waals surface area contributed by atoms with E-state index >= 15 is 0 Å². The van der Waals surface area contributed by atoms with Gasteiger partial charge in [0.05, 0.1) is 16.2 Å². The summed E-state index contributed by atoms with van der Waals surface area (Å²) in [6, 6.07) is 7.50. The van der Waals surface area contributed by atoms with Crippen LogP contribution in [0.3, 0.4) is 0 Å². The highest BCUT2D eigenvalue weighted by Gasteiger charge is 2.66. The number of allylic oxidation sites excluding steroid dienone is 2. The van der Waals surface area contributed by atoms with E-state index in [1.165, 1.54) is 31.3 Å². The number of carboxylic acid groups (broad SMARTS) is 1. The Morgan fingerprint density at radius 1 is 0.833 bits per heavy atom. The Morgan fingerprint density at radius 3 is 2.26 bits per heavy atom. The molecule has 1 aromatic carbocycles. The highest BCUT2D eigenvalue weighted by molar-refractivity contribution is 7.84. The van der Waals surface area contributed by atoms with Gasteiger partial charge in [-0.05, 0) is 140 Å². The van der Waals surface area contributed by atoms with Crippen molar-refractivity contribution in [2.45, 2.75) is 110 Å². The number of aromatic carboxylic acids is 1. The van der Waals surface area contributed by atoms with Gasteiger partial charge in [0.15, 0.2) is 0 Å². The van der Waals surface area contributed by atoms with Gasteiger partial charge in [0.2, 0.25) is 5.91 Å². The lowest BCUT2D eigenvalue weighted by molar-refractivity contribution is -0.181. The first-order valence-electron chi connectivity index (χ1n) is 16.7. The summed E-state index contributed by atoms with van der Waals surface area (Å²) in [6.45, 7) is 10.1. The second kappa shape index (κ2) is 9.78. The molecule has 7 rings (SSSR count). The Kier molecular flexibility index (Phi) is 6.70. The number of nitrogens with one attached hydrogen (secondary N) is 1. The number of hydrogen-bond acceptors (Lipinski definition) is 3. The summed E-state index contributed by atoms with van der Waals surface area (Å²) in [7, 11) is -1.20. The first kappa shape index (κ1) is 28.8. The molecule has 0 radical (unpaired) electrons. The lowest BCUT2D eigenvalue weighted by Crippen LogP contribution is -2.62. The molecule has 228 valence electrons. The maximum Gasteiger partial charge on any atom is 0.335 e. The van der Waals surface area contributed by atoms with E-state index in [1.807, 2.05) is 12.1 Å². The summed E-state index contributed by atoms with van der Waals surface area (Å²) in [6.07, 6.45) is 15.9. The third-order valence-corrected chi connectivity index (χ3v) is 15.5. The largest absolute Gasteiger partial charge is 0.478 e. The van der Waals surface area contributed by atoms with Crippen molar-refractivity contribution in [3.63, 3.8) is 0 Å². The Bertz CT molecular complexity index is 1350. The van der Waals surface area contributed by atoms with Crippen LogP contribution in [0.5, 0.6) is 0 Å². The molecule has 5 nitrogen and oxygen atoms in total. The van der Waals surface area contributed by atoms with Crippen LogP contribution in [0.4, 0.5) is 0 Å². The van der Waals surface area contributed by atoms with Crippen molar-refractivity contribution in [1.29, 1.82) is 0 Å². The number of rotatable bonds is 5. The van der Waals surface area contributed by atoms with Crippen molar-refractivity contribution in [3.8, 4) is 0 Å². The molecule has 0 aromatic heterocycles. The van der Waals surface area contributed by atoms with Crippen molar-refractivity contribution in [1.82, 2.24) is 4.72 Å². The molecule has 0 heterocycles. The normalized spacial score (nSPS) is 42.7. The summed E-state index contributed by atoms with van der Waals surface area (Å²) in [5.41, 5.74) is 3.12. The predicted molar refractivity (Wildman–Crippen MR) is 167 cm³/mol. The second-order valence-electron chi connectivity index (χ2n) is 16.1. The van der Waals surface area contributed by atoms with Gasteiger partial charge in [0, 0.05) is 0 Å². The van der Waals surface area contributed by atoms with E-state index in [4.69, 9.17) is 0 Å². The molecule has 6 aliphatic carbocycles. The number of benzene rings is 1. The van der Waals surface area contributed by atoms with Gasteiger partial charge >= 0.3 is 5.97 Å². The van der Waals surface area contributed by atoms with Crippen LogP contribution in [0.25, 0.3) is 5.57 Å². The minimum atomic E-state index is -1.20. The van der Waals surface area contributed by atoms with Gasteiger partial charge < -0.3 is 5.11 Å². The standard InChI is InChI=1S/C36H49NO4S/c1-33(2)26(22-7-9-23(10-8-22)31(38)39)15-19-35(4)29(33)17-20-34(3)27-16-21-36(32(40)37-42(41)24-11-12-24)18-5-6-28(36)25(27)13-14-30(34)35/h7-10,15,24-25,27-30H,5-6,11-14,16-21H2,1-4H3,(H,37,40)(H,38,39)/t25-,27?,28?,29?,30?,34-,35-,36-,42?/m0/s1. The zero-order valence-electron chi connectivity index (χ0n) is 25.9. The van der Waals surface area contributed by atoms with Crippen LogP contribution in [0, 0.1) is 51.2 Å². The lowest BCUT2D eigenvalue weighted by atomic mass is 9.36. The first-order chi connectivity index (χ1) is 19.9. The molecule has 6 aliphatic rings. The van der Waals surface area contributed by atoms with Crippen molar-refractivity contribution in [3.05, 3.63) is 41.5 Å². The number of carboxylic acids is 1. The number of carbonyl (C=O) groups is 2. The molecular weight excluding hydrogens is 542 g/mol. The van der Waals surface area contributed by atoms with E-state index in [2.05, 4.69) is 38.5 Å². The van der Waals surface area contributed by atoms with E-state index in [-0.39, 0.29) is 27.4 Å². The minimum Gasteiger partial charge on any atom is -0.478 e. The molecule has 5 saturated carbocycles. The number of amides is 1. The van der Waals surface area contributed by atoms with Gasteiger partial charge in [-0.2, -0.15) is 0 Å². The summed E-state index contributed by atoms with van der Waals surface area (Å²) in [4.78, 5) is 25.2. The molecule has 2 N–H and O–H groups in total. The number of fused-ring (bicyclic) bond motifs is 7. The van der Waals surface area contributed by atoms with Gasteiger partial charge in [0.25, 0.3) is 0 Å². The fourth-order valence-electron chi connectivity index (χ4n) is 12.1. The predicted octanol–water partition coefficient (Wildman–Crippen LogP) is 7.79. The van der Waals surface area contributed by atoms with Gasteiger partial charge in [-0.25, -0.2) is 9.00 Å². The van der Waals surface area contributed by atoms with Crippen molar-refractivity contribution in [2.75, 3.05) is 0 Å². The van der Waals surface area contributed by atoms with E-state index < -0.39 is 17.0 Å². The maximum absolute atomic E-state index is 13.8. The number of carbonyl (C=O) groups excluding carboxylic acids is 1. The second-order valence-corrected chi connectivity index (χ2v) is 17.5. The van der Waals surface area contributed by atoms with Crippen LogP contribution in [0.15, 0.2) is 30.3 Å². The topological polar surface area (TPSA) is 83.5 Å². The van der Waals surface area contributed by atoms with Crippen molar-refractivity contribution >= 4 is 28.4 Å². The van der Waals surface area contributed by atoms with Crippen molar-refractivity contribution < 1.29 is 18.9 Å². The average Bonchev–Trinajstić information content (AvgIpc) is 3.70. The zero-order chi connectivity index (χ0) is 29.7.